The van der Waals surface area contributed by atoms with Crippen molar-refractivity contribution < 1.29 is 14.5 Å². The molecule has 0 spiro atoms. The number of hydrogen-bond acceptors (Lipinski definition) is 6. The maximum atomic E-state index is 11.9. The van der Waals surface area contributed by atoms with Crippen LogP contribution in [0.25, 0.3) is 10.4 Å². The van der Waals surface area contributed by atoms with E-state index in [1.807, 2.05) is 12.1 Å². The van der Waals surface area contributed by atoms with Crippen LogP contribution < -0.4 is 5.43 Å². The molecule has 25 heavy (non-hydrogen) atoms. The van der Waals surface area contributed by atoms with E-state index in [0.29, 0.717) is 24.3 Å². The Morgan fingerprint density at radius 1 is 1.36 bits per heavy atom. The molecule has 130 valence electrons. The summed E-state index contributed by atoms with van der Waals surface area (Å²) in [5.74, 6) is -0.243. The maximum Gasteiger partial charge on any atom is 0.278 e. The summed E-state index contributed by atoms with van der Waals surface area (Å²) in [6, 6.07) is 10.3. The Morgan fingerprint density at radius 2 is 2.16 bits per heavy atom. The van der Waals surface area contributed by atoms with Gasteiger partial charge in [0.15, 0.2) is 0 Å². The van der Waals surface area contributed by atoms with Gasteiger partial charge in [-0.05, 0) is 38.0 Å². The van der Waals surface area contributed by atoms with Crippen molar-refractivity contribution in [1.29, 1.82) is 0 Å². The normalized spacial score (nSPS) is 17.5. The van der Waals surface area contributed by atoms with Gasteiger partial charge in [0.25, 0.3) is 11.6 Å². The molecule has 0 radical (unpaired) electrons. The Hall–Kier alpha value is -2.58. The van der Waals surface area contributed by atoms with Gasteiger partial charge < -0.3 is 4.74 Å². The predicted octanol–water partition coefficient (Wildman–Crippen LogP) is 3.34. The molecule has 1 aromatic carbocycles. The minimum absolute atomic E-state index is 0.0668. The lowest BCUT2D eigenvalue weighted by molar-refractivity contribution is -0.384. The molecule has 8 heteroatoms. The first-order valence-corrected chi connectivity index (χ1v) is 8.67. The van der Waals surface area contributed by atoms with Crippen molar-refractivity contribution in [3.63, 3.8) is 0 Å². The van der Waals surface area contributed by atoms with Gasteiger partial charge in [-0.15, -0.1) is 11.3 Å². The lowest BCUT2D eigenvalue weighted by Gasteiger charge is -2.07. The highest BCUT2D eigenvalue weighted by atomic mass is 32.1. The number of hydrazone groups is 1. The molecule has 3 rings (SSSR count). The zero-order valence-electron chi connectivity index (χ0n) is 13.6. The van der Waals surface area contributed by atoms with Gasteiger partial charge in [0.05, 0.1) is 21.1 Å². The molecule has 2 aromatic rings. The summed E-state index contributed by atoms with van der Waals surface area (Å²) in [6.45, 7) is 2.38. The lowest BCUT2D eigenvalue weighted by atomic mass is 10.1. The molecule has 1 saturated heterocycles. The summed E-state index contributed by atoms with van der Waals surface area (Å²) in [4.78, 5) is 24.3. The average molecular weight is 359 g/mol. The monoisotopic (exact) mass is 359 g/mol. The van der Waals surface area contributed by atoms with Crippen LogP contribution in [0, 0.1) is 10.1 Å². The molecular weight excluding hydrogens is 342 g/mol. The smallest absolute Gasteiger partial charge is 0.278 e. The fourth-order valence-corrected chi connectivity index (χ4v) is 3.55. The summed E-state index contributed by atoms with van der Waals surface area (Å²) < 4.78 is 5.31. The SMILES string of the molecule is CC(=NNC(=O)C1CCCO1)c1ccc(-c2ccccc2[N+](=O)[O-])s1. The number of nitro groups is 1. The van der Waals surface area contributed by atoms with Crippen LogP contribution >= 0.6 is 11.3 Å². The van der Waals surface area contributed by atoms with E-state index in [1.54, 1.807) is 25.1 Å². The highest BCUT2D eigenvalue weighted by molar-refractivity contribution is 7.17. The Bertz CT molecular complexity index is 825. The van der Waals surface area contributed by atoms with Crippen LogP contribution in [0.5, 0.6) is 0 Å². The summed E-state index contributed by atoms with van der Waals surface area (Å²) in [5, 5.41) is 15.3. The Labute approximate surface area is 148 Å². The van der Waals surface area contributed by atoms with Gasteiger partial charge >= 0.3 is 0 Å². The molecule has 1 aliphatic heterocycles. The number of hydrogen-bond donors (Lipinski definition) is 1. The third-order valence-electron chi connectivity index (χ3n) is 3.88. The summed E-state index contributed by atoms with van der Waals surface area (Å²) in [7, 11) is 0. The quantitative estimate of drug-likeness (QED) is 0.503. The van der Waals surface area contributed by atoms with E-state index in [-0.39, 0.29) is 11.6 Å². The van der Waals surface area contributed by atoms with Crippen molar-refractivity contribution in [1.82, 2.24) is 5.43 Å². The Morgan fingerprint density at radius 3 is 2.88 bits per heavy atom. The number of nitrogens with zero attached hydrogens (tertiary/aromatic N) is 2. The van der Waals surface area contributed by atoms with E-state index in [4.69, 9.17) is 4.74 Å². The molecule has 1 amide bonds. The van der Waals surface area contributed by atoms with Crippen LogP contribution in [0.2, 0.25) is 0 Å². The molecule has 1 fully saturated rings. The van der Waals surface area contributed by atoms with Gasteiger partial charge in [-0.1, -0.05) is 12.1 Å². The first-order valence-electron chi connectivity index (χ1n) is 7.86. The van der Waals surface area contributed by atoms with Crippen molar-refractivity contribution in [2.24, 2.45) is 5.10 Å². The van der Waals surface area contributed by atoms with Crippen molar-refractivity contribution in [2.75, 3.05) is 6.61 Å². The molecule has 1 unspecified atom stereocenters. The fourth-order valence-electron chi connectivity index (χ4n) is 2.57. The first kappa shape index (κ1) is 17.2. The van der Waals surface area contributed by atoms with Gasteiger partial charge in [0.2, 0.25) is 0 Å². The molecule has 0 bridgehead atoms. The van der Waals surface area contributed by atoms with Crippen molar-refractivity contribution in [2.45, 2.75) is 25.9 Å². The molecule has 1 aromatic heterocycles. The summed E-state index contributed by atoms with van der Waals surface area (Å²) in [6.07, 6.45) is 1.16. The van der Waals surface area contributed by atoms with Gasteiger partial charge in [0.1, 0.15) is 6.10 Å². The number of ether oxygens (including phenoxy) is 1. The number of carbonyl (C=O) groups excluding carboxylic acids is 1. The average Bonchev–Trinajstić information content (AvgIpc) is 3.30. The number of amides is 1. The molecule has 7 nitrogen and oxygen atoms in total. The maximum absolute atomic E-state index is 11.9. The molecule has 1 N–H and O–H groups in total. The van der Waals surface area contributed by atoms with Crippen LogP contribution in [0.3, 0.4) is 0 Å². The highest BCUT2D eigenvalue weighted by Crippen LogP contribution is 2.34. The minimum atomic E-state index is -0.428. The molecule has 2 heterocycles. The number of carbonyl (C=O) groups is 1. The lowest BCUT2D eigenvalue weighted by Crippen LogP contribution is -2.31. The zero-order valence-corrected chi connectivity index (χ0v) is 14.4. The van der Waals surface area contributed by atoms with E-state index in [1.165, 1.54) is 17.4 Å². The predicted molar refractivity (Wildman–Crippen MR) is 95.7 cm³/mol. The van der Waals surface area contributed by atoms with Crippen molar-refractivity contribution in [3.8, 4) is 10.4 Å². The summed E-state index contributed by atoms with van der Waals surface area (Å²) in [5.41, 5.74) is 3.80. The van der Waals surface area contributed by atoms with E-state index in [2.05, 4.69) is 10.5 Å². The van der Waals surface area contributed by atoms with Gasteiger partial charge in [-0.3, -0.25) is 14.9 Å². The number of benzene rings is 1. The van der Waals surface area contributed by atoms with E-state index in [9.17, 15) is 14.9 Å². The van der Waals surface area contributed by atoms with Crippen LogP contribution in [0.1, 0.15) is 24.6 Å². The third kappa shape index (κ3) is 3.92. The largest absolute Gasteiger partial charge is 0.368 e. The molecule has 0 saturated carbocycles. The topological polar surface area (TPSA) is 93.8 Å². The van der Waals surface area contributed by atoms with Crippen molar-refractivity contribution in [3.05, 3.63) is 51.4 Å². The van der Waals surface area contributed by atoms with Gasteiger partial charge in [-0.25, -0.2) is 5.43 Å². The molecule has 1 aliphatic rings. The van der Waals surface area contributed by atoms with Crippen LogP contribution in [-0.4, -0.2) is 29.3 Å². The number of nitro benzene ring substituents is 1. The van der Waals surface area contributed by atoms with Gasteiger partial charge in [0, 0.05) is 17.6 Å². The Kier molecular flexibility index (Phi) is 5.20. The Balaban J connectivity index is 1.75. The minimum Gasteiger partial charge on any atom is -0.368 e. The standard InChI is InChI=1S/C17H17N3O4S/c1-11(18-19-17(21)14-7-4-10-24-14)15-8-9-16(25-15)12-5-2-3-6-13(12)20(22)23/h2-3,5-6,8-9,14H,4,7,10H2,1H3,(H,19,21). The van der Waals surface area contributed by atoms with Gasteiger partial charge in [-0.2, -0.15) is 5.10 Å². The highest BCUT2D eigenvalue weighted by Gasteiger charge is 2.23. The van der Waals surface area contributed by atoms with E-state index >= 15 is 0 Å². The third-order valence-corrected chi connectivity index (χ3v) is 5.11. The van der Waals surface area contributed by atoms with Crippen LogP contribution in [0.15, 0.2) is 41.5 Å². The van der Waals surface area contributed by atoms with E-state index in [0.717, 1.165) is 16.2 Å². The second kappa shape index (κ2) is 7.54. The zero-order chi connectivity index (χ0) is 17.8. The van der Waals surface area contributed by atoms with Crippen LogP contribution in [0.4, 0.5) is 5.69 Å². The van der Waals surface area contributed by atoms with Crippen molar-refractivity contribution >= 4 is 28.6 Å². The fraction of sp³-hybridized carbons (Fsp3) is 0.294. The van der Waals surface area contributed by atoms with Crippen LogP contribution in [-0.2, 0) is 9.53 Å². The molecule has 0 aliphatic carbocycles. The second-order valence-corrected chi connectivity index (χ2v) is 6.70. The summed E-state index contributed by atoms with van der Waals surface area (Å²) >= 11 is 1.39. The van der Waals surface area contributed by atoms with E-state index < -0.39 is 11.0 Å². The molecule has 1 atom stereocenters. The number of thiophene rings is 1. The first-order chi connectivity index (χ1) is 12.1. The molecular formula is C17H17N3O4S. The second-order valence-electron chi connectivity index (χ2n) is 5.61. The number of para-hydroxylation sites is 1. The number of nitrogens with one attached hydrogen (secondary N) is 1. The number of rotatable bonds is 5.